The number of aryl methyl sites for hydroxylation is 1. The molecule has 1 aromatic heterocycles. The quantitative estimate of drug-likeness (QED) is 0.862. The predicted octanol–water partition coefficient (Wildman–Crippen LogP) is 1.50. The van der Waals surface area contributed by atoms with Gasteiger partial charge in [-0.3, -0.25) is 9.89 Å². The number of H-pyrrole nitrogens is 1. The minimum atomic E-state index is -0.0256. The average molecular weight is 291 g/mol. The highest BCUT2D eigenvalue weighted by Crippen LogP contribution is 2.30. The molecule has 1 amide bonds. The molecular weight excluding hydrogens is 266 g/mol. The van der Waals surface area contributed by atoms with Gasteiger partial charge in [0.2, 0.25) is 5.82 Å². The summed E-state index contributed by atoms with van der Waals surface area (Å²) in [6, 6.07) is 1.49. The standard InChI is InChI=1S/C15H25N5O/c1-3-5-13-17-14(19-18-13)15(21)20(4-2)12-8-10-6-7-11(9-12)16-10/h10-12,16H,3-9H2,1-2H3,(H,17,18,19). The molecule has 2 saturated heterocycles. The van der Waals surface area contributed by atoms with Gasteiger partial charge in [0.05, 0.1) is 0 Å². The van der Waals surface area contributed by atoms with Crippen molar-refractivity contribution >= 4 is 5.91 Å². The van der Waals surface area contributed by atoms with Gasteiger partial charge in [-0.05, 0) is 39.0 Å². The number of amides is 1. The van der Waals surface area contributed by atoms with Crippen molar-refractivity contribution in [2.24, 2.45) is 0 Å². The minimum Gasteiger partial charge on any atom is -0.333 e. The minimum absolute atomic E-state index is 0.0256. The topological polar surface area (TPSA) is 73.9 Å². The van der Waals surface area contributed by atoms with Crippen LogP contribution in [0.1, 0.15) is 62.4 Å². The number of hydrogen-bond donors (Lipinski definition) is 2. The molecule has 0 aliphatic carbocycles. The summed E-state index contributed by atoms with van der Waals surface area (Å²) in [4.78, 5) is 19.0. The van der Waals surface area contributed by atoms with Gasteiger partial charge < -0.3 is 10.2 Å². The molecule has 6 nitrogen and oxygen atoms in total. The Kier molecular flexibility index (Phi) is 4.24. The Labute approximate surface area is 125 Å². The molecule has 3 rings (SSSR count). The summed E-state index contributed by atoms with van der Waals surface area (Å²) in [5.74, 6) is 1.11. The fourth-order valence-electron chi connectivity index (χ4n) is 3.72. The van der Waals surface area contributed by atoms with E-state index in [1.54, 1.807) is 0 Å². The summed E-state index contributed by atoms with van der Waals surface area (Å²) >= 11 is 0. The lowest BCUT2D eigenvalue weighted by atomic mass is 9.98. The maximum absolute atomic E-state index is 12.7. The SMILES string of the molecule is CCCc1nc(C(=O)N(CC)C2CC3CCC(C2)N3)n[nH]1. The molecule has 1 aromatic rings. The van der Waals surface area contributed by atoms with E-state index in [0.717, 1.165) is 38.1 Å². The molecule has 2 bridgehead atoms. The number of aromatic nitrogens is 3. The zero-order valence-electron chi connectivity index (χ0n) is 12.9. The number of carbonyl (C=O) groups is 1. The lowest BCUT2D eigenvalue weighted by Crippen LogP contribution is -2.50. The lowest BCUT2D eigenvalue weighted by molar-refractivity contribution is 0.0619. The molecule has 0 spiro atoms. The molecule has 2 N–H and O–H groups in total. The van der Waals surface area contributed by atoms with Crippen LogP contribution in [0, 0.1) is 0 Å². The Morgan fingerprint density at radius 3 is 2.62 bits per heavy atom. The Bertz CT molecular complexity index is 488. The zero-order chi connectivity index (χ0) is 14.8. The van der Waals surface area contributed by atoms with Crippen molar-refractivity contribution in [2.45, 2.75) is 70.5 Å². The lowest BCUT2D eigenvalue weighted by Gasteiger charge is -2.36. The molecule has 0 radical (unpaired) electrons. The molecule has 2 aliphatic rings. The van der Waals surface area contributed by atoms with Crippen LogP contribution in [-0.4, -0.2) is 50.7 Å². The van der Waals surface area contributed by atoms with Crippen molar-refractivity contribution in [1.29, 1.82) is 0 Å². The highest BCUT2D eigenvalue weighted by molar-refractivity contribution is 5.90. The first-order valence-corrected chi connectivity index (χ1v) is 8.19. The van der Waals surface area contributed by atoms with Crippen molar-refractivity contribution in [1.82, 2.24) is 25.4 Å². The molecule has 0 aromatic carbocycles. The molecule has 6 heteroatoms. The molecule has 2 atom stereocenters. The van der Waals surface area contributed by atoms with Gasteiger partial charge in [-0.25, -0.2) is 4.98 Å². The van der Waals surface area contributed by atoms with Crippen LogP contribution in [0.4, 0.5) is 0 Å². The molecule has 21 heavy (non-hydrogen) atoms. The van der Waals surface area contributed by atoms with E-state index in [1.807, 2.05) is 11.8 Å². The maximum atomic E-state index is 12.7. The van der Waals surface area contributed by atoms with E-state index in [-0.39, 0.29) is 5.91 Å². The highest BCUT2D eigenvalue weighted by Gasteiger charge is 2.37. The van der Waals surface area contributed by atoms with Gasteiger partial charge in [0, 0.05) is 31.1 Å². The summed E-state index contributed by atoms with van der Waals surface area (Å²) < 4.78 is 0. The van der Waals surface area contributed by atoms with E-state index in [0.29, 0.717) is 23.9 Å². The monoisotopic (exact) mass is 291 g/mol. The average Bonchev–Trinajstić information content (AvgIpc) is 3.07. The van der Waals surface area contributed by atoms with Gasteiger partial charge in [-0.15, -0.1) is 5.10 Å². The summed E-state index contributed by atoms with van der Waals surface area (Å²) in [7, 11) is 0. The number of nitrogens with zero attached hydrogens (tertiary/aromatic N) is 3. The second-order valence-electron chi connectivity index (χ2n) is 6.21. The van der Waals surface area contributed by atoms with Crippen LogP contribution in [0.2, 0.25) is 0 Å². The number of nitrogens with one attached hydrogen (secondary N) is 2. The van der Waals surface area contributed by atoms with Gasteiger partial charge in [-0.1, -0.05) is 6.92 Å². The van der Waals surface area contributed by atoms with Crippen molar-refractivity contribution in [2.75, 3.05) is 6.54 Å². The van der Waals surface area contributed by atoms with Crippen LogP contribution in [0.3, 0.4) is 0 Å². The number of hydrogen-bond acceptors (Lipinski definition) is 4. The van der Waals surface area contributed by atoms with Crippen LogP contribution in [0.25, 0.3) is 0 Å². The summed E-state index contributed by atoms with van der Waals surface area (Å²) in [6.45, 7) is 4.86. The van der Waals surface area contributed by atoms with Crippen LogP contribution in [-0.2, 0) is 6.42 Å². The van der Waals surface area contributed by atoms with E-state index in [9.17, 15) is 4.79 Å². The maximum Gasteiger partial charge on any atom is 0.293 e. The van der Waals surface area contributed by atoms with Gasteiger partial charge >= 0.3 is 0 Å². The first-order chi connectivity index (χ1) is 10.2. The Balaban J connectivity index is 1.71. The number of fused-ring (bicyclic) bond motifs is 2. The van der Waals surface area contributed by atoms with E-state index in [2.05, 4.69) is 27.4 Å². The third kappa shape index (κ3) is 2.95. The van der Waals surface area contributed by atoms with E-state index in [1.165, 1.54) is 12.8 Å². The fraction of sp³-hybridized carbons (Fsp3) is 0.800. The Hall–Kier alpha value is -1.43. The largest absolute Gasteiger partial charge is 0.333 e. The second-order valence-corrected chi connectivity index (χ2v) is 6.21. The predicted molar refractivity (Wildman–Crippen MR) is 80.1 cm³/mol. The van der Waals surface area contributed by atoms with E-state index < -0.39 is 0 Å². The van der Waals surface area contributed by atoms with Crippen LogP contribution >= 0.6 is 0 Å². The van der Waals surface area contributed by atoms with Gasteiger partial charge in [0.15, 0.2) is 0 Å². The molecule has 0 saturated carbocycles. The number of aromatic amines is 1. The smallest absolute Gasteiger partial charge is 0.293 e. The normalized spacial score (nSPS) is 27.8. The van der Waals surface area contributed by atoms with E-state index >= 15 is 0 Å². The molecule has 3 heterocycles. The van der Waals surface area contributed by atoms with Crippen molar-refractivity contribution in [3.63, 3.8) is 0 Å². The molecule has 2 aliphatic heterocycles. The summed E-state index contributed by atoms with van der Waals surface area (Å²) in [5.41, 5.74) is 0. The molecular formula is C15H25N5O. The zero-order valence-corrected chi connectivity index (χ0v) is 12.9. The first kappa shape index (κ1) is 14.5. The third-order valence-corrected chi connectivity index (χ3v) is 4.70. The van der Waals surface area contributed by atoms with Crippen molar-refractivity contribution in [3.05, 3.63) is 11.6 Å². The Morgan fingerprint density at radius 1 is 1.29 bits per heavy atom. The van der Waals surface area contributed by atoms with Crippen molar-refractivity contribution in [3.8, 4) is 0 Å². The van der Waals surface area contributed by atoms with Gasteiger partial charge in [0.25, 0.3) is 5.91 Å². The van der Waals surface area contributed by atoms with Crippen LogP contribution in [0.5, 0.6) is 0 Å². The molecule has 2 unspecified atom stereocenters. The van der Waals surface area contributed by atoms with Gasteiger partial charge in [-0.2, -0.15) is 0 Å². The highest BCUT2D eigenvalue weighted by atomic mass is 16.2. The van der Waals surface area contributed by atoms with Crippen LogP contribution in [0.15, 0.2) is 0 Å². The van der Waals surface area contributed by atoms with Gasteiger partial charge in [0.1, 0.15) is 5.82 Å². The first-order valence-electron chi connectivity index (χ1n) is 8.19. The third-order valence-electron chi connectivity index (χ3n) is 4.70. The number of rotatable bonds is 5. The number of carbonyl (C=O) groups excluding carboxylic acids is 1. The van der Waals surface area contributed by atoms with Crippen LogP contribution < -0.4 is 5.32 Å². The summed E-state index contributed by atoms with van der Waals surface area (Å²) in [5, 5.41) is 10.6. The Morgan fingerprint density at radius 2 is 2.00 bits per heavy atom. The fourth-order valence-corrected chi connectivity index (χ4v) is 3.72. The van der Waals surface area contributed by atoms with E-state index in [4.69, 9.17) is 0 Å². The second kappa shape index (κ2) is 6.13. The van der Waals surface area contributed by atoms with Crippen molar-refractivity contribution < 1.29 is 4.79 Å². The number of piperidine rings is 1. The summed E-state index contributed by atoms with van der Waals surface area (Å²) in [6.07, 6.45) is 6.44. The molecule has 2 fully saturated rings. The molecule has 116 valence electrons.